The highest BCUT2D eigenvalue weighted by molar-refractivity contribution is 5.29. The van der Waals surface area contributed by atoms with Crippen LogP contribution in [0.5, 0.6) is 5.75 Å². The normalized spacial score (nSPS) is 25.1. The lowest BCUT2D eigenvalue weighted by atomic mass is 9.98. The van der Waals surface area contributed by atoms with Crippen molar-refractivity contribution in [3.05, 3.63) is 29.6 Å². The summed E-state index contributed by atoms with van der Waals surface area (Å²) in [4.78, 5) is 2.35. The fraction of sp³-hybridized carbons (Fsp3) is 0.571. The van der Waals surface area contributed by atoms with E-state index in [1.165, 1.54) is 7.11 Å². The van der Waals surface area contributed by atoms with E-state index in [9.17, 15) is 4.39 Å². The van der Waals surface area contributed by atoms with Gasteiger partial charge in [-0.2, -0.15) is 0 Å². The van der Waals surface area contributed by atoms with Gasteiger partial charge in [0.2, 0.25) is 0 Å². The number of nitrogens with zero attached hydrogens (tertiary/aromatic N) is 1. The molecule has 0 saturated carbocycles. The van der Waals surface area contributed by atoms with Gasteiger partial charge in [-0.15, -0.1) is 0 Å². The first kappa shape index (κ1) is 13.3. The number of halogens is 1. The third-order valence-electron chi connectivity index (χ3n) is 3.66. The van der Waals surface area contributed by atoms with Crippen molar-refractivity contribution in [1.29, 1.82) is 0 Å². The molecule has 1 heterocycles. The van der Waals surface area contributed by atoms with E-state index in [2.05, 4.69) is 11.8 Å². The van der Waals surface area contributed by atoms with Crippen LogP contribution in [-0.4, -0.2) is 30.6 Å². The van der Waals surface area contributed by atoms with Gasteiger partial charge in [-0.3, -0.25) is 4.90 Å². The van der Waals surface area contributed by atoms with Crippen LogP contribution in [0.15, 0.2) is 18.2 Å². The number of methoxy groups -OCH3 is 1. The quantitative estimate of drug-likeness (QED) is 0.895. The SMILES string of the molecule is COc1ccc(CN2CCC(N)CC2C)cc1F. The van der Waals surface area contributed by atoms with Gasteiger partial charge in [-0.1, -0.05) is 6.07 Å². The minimum Gasteiger partial charge on any atom is -0.494 e. The standard InChI is InChI=1S/C14H21FN2O/c1-10-7-12(16)5-6-17(10)9-11-3-4-14(18-2)13(15)8-11/h3-4,8,10,12H,5-7,9,16H2,1-2H3. The number of hydrogen-bond acceptors (Lipinski definition) is 3. The highest BCUT2D eigenvalue weighted by Gasteiger charge is 2.23. The molecule has 100 valence electrons. The molecule has 2 unspecified atom stereocenters. The Morgan fingerprint density at radius 1 is 1.50 bits per heavy atom. The summed E-state index contributed by atoms with van der Waals surface area (Å²) in [5.74, 6) is 0.00355. The molecule has 0 spiro atoms. The molecule has 4 heteroatoms. The maximum Gasteiger partial charge on any atom is 0.165 e. The summed E-state index contributed by atoms with van der Waals surface area (Å²) in [5.41, 5.74) is 6.92. The highest BCUT2D eigenvalue weighted by Crippen LogP contribution is 2.22. The number of nitrogens with two attached hydrogens (primary N) is 1. The molecular weight excluding hydrogens is 231 g/mol. The molecule has 1 aromatic rings. The summed E-state index contributed by atoms with van der Waals surface area (Å²) >= 11 is 0. The van der Waals surface area contributed by atoms with E-state index >= 15 is 0 Å². The minimum absolute atomic E-state index is 0.295. The fourth-order valence-electron chi connectivity index (χ4n) is 2.53. The Morgan fingerprint density at radius 3 is 2.89 bits per heavy atom. The smallest absolute Gasteiger partial charge is 0.165 e. The van der Waals surface area contributed by atoms with E-state index in [-0.39, 0.29) is 5.82 Å². The van der Waals surface area contributed by atoms with E-state index in [1.807, 2.05) is 6.07 Å². The number of benzene rings is 1. The molecule has 2 N–H and O–H groups in total. The fourth-order valence-corrected chi connectivity index (χ4v) is 2.53. The first-order valence-electron chi connectivity index (χ1n) is 6.42. The minimum atomic E-state index is -0.295. The lowest BCUT2D eigenvalue weighted by Gasteiger charge is -2.36. The molecule has 1 aromatic carbocycles. The summed E-state index contributed by atoms with van der Waals surface area (Å²) in [6, 6.07) is 5.93. The van der Waals surface area contributed by atoms with Gasteiger partial charge in [0.1, 0.15) is 0 Å². The van der Waals surface area contributed by atoms with E-state index in [4.69, 9.17) is 10.5 Å². The zero-order valence-electron chi connectivity index (χ0n) is 11.0. The Hall–Kier alpha value is -1.13. The van der Waals surface area contributed by atoms with Gasteiger partial charge in [0.05, 0.1) is 7.11 Å². The van der Waals surface area contributed by atoms with Crippen molar-refractivity contribution in [1.82, 2.24) is 4.90 Å². The number of ether oxygens (including phenoxy) is 1. The first-order chi connectivity index (χ1) is 8.60. The van der Waals surface area contributed by atoms with Crippen molar-refractivity contribution in [2.24, 2.45) is 5.73 Å². The van der Waals surface area contributed by atoms with Gasteiger partial charge < -0.3 is 10.5 Å². The second-order valence-electron chi connectivity index (χ2n) is 5.07. The van der Waals surface area contributed by atoms with Crippen molar-refractivity contribution >= 4 is 0 Å². The summed E-state index contributed by atoms with van der Waals surface area (Å²) in [7, 11) is 1.48. The summed E-state index contributed by atoms with van der Waals surface area (Å²) < 4.78 is 18.5. The van der Waals surface area contributed by atoms with Gasteiger partial charge >= 0.3 is 0 Å². The van der Waals surface area contributed by atoms with Gasteiger partial charge in [0.25, 0.3) is 0 Å². The van der Waals surface area contributed by atoms with Gasteiger partial charge in [-0.25, -0.2) is 4.39 Å². The van der Waals surface area contributed by atoms with E-state index in [1.54, 1.807) is 12.1 Å². The maximum atomic E-state index is 13.6. The van der Waals surface area contributed by atoms with Crippen LogP contribution in [0.4, 0.5) is 4.39 Å². The third-order valence-corrected chi connectivity index (χ3v) is 3.66. The molecule has 1 fully saturated rings. The molecule has 2 atom stereocenters. The van der Waals surface area contributed by atoms with Gasteiger partial charge in [0.15, 0.2) is 11.6 Å². The lowest BCUT2D eigenvalue weighted by Crippen LogP contribution is -2.44. The Morgan fingerprint density at radius 2 is 2.28 bits per heavy atom. The van der Waals surface area contributed by atoms with Crippen LogP contribution in [0.3, 0.4) is 0 Å². The van der Waals surface area contributed by atoms with Crippen LogP contribution < -0.4 is 10.5 Å². The molecule has 2 rings (SSSR count). The highest BCUT2D eigenvalue weighted by atomic mass is 19.1. The predicted octanol–water partition coefficient (Wildman–Crippen LogP) is 2.15. The molecule has 0 aliphatic carbocycles. The molecule has 0 bridgehead atoms. The van der Waals surface area contributed by atoms with Crippen molar-refractivity contribution in [2.45, 2.75) is 38.4 Å². The molecule has 18 heavy (non-hydrogen) atoms. The van der Waals surface area contributed by atoms with E-state index < -0.39 is 0 Å². The molecule has 1 aliphatic rings. The topological polar surface area (TPSA) is 38.5 Å². The van der Waals surface area contributed by atoms with Gasteiger partial charge in [-0.05, 0) is 37.5 Å². The molecular formula is C14H21FN2O. The average molecular weight is 252 g/mol. The molecule has 1 saturated heterocycles. The van der Waals surface area contributed by atoms with Crippen LogP contribution in [-0.2, 0) is 6.54 Å². The number of hydrogen-bond donors (Lipinski definition) is 1. The largest absolute Gasteiger partial charge is 0.494 e. The molecule has 0 radical (unpaired) electrons. The number of likely N-dealkylation sites (tertiary alicyclic amines) is 1. The van der Waals surface area contributed by atoms with E-state index in [0.717, 1.165) is 31.5 Å². The lowest BCUT2D eigenvalue weighted by molar-refractivity contribution is 0.140. The third kappa shape index (κ3) is 3.00. The second-order valence-corrected chi connectivity index (χ2v) is 5.07. The van der Waals surface area contributed by atoms with Crippen LogP contribution >= 0.6 is 0 Å². The number of piperidine rings is 1. The summed E-state index contributed by atoms with van der Waals surface area (Å²) in [6.45, 7) is 3.93. The van der Waals surface area contributed by atoms with Crippen molar-refractivity contribution in [2.75, 3.05) is 13.7 Å². The number of rotatable bonds is 3. The first-order valence-corrected chi connectivity index (χ1v) is 6.42. The monoisotopic (exact) mass is 252 g/mol. The van der Waals surface area contributed by atoms with Crippen LogP contribution in [0.1, 0.15) is 25.3 Å². The predicted molar refractivity (Wildman–Crippen MR) is 70.0 cm³/mol. The van der Waals surface area contributed by atoms with Crippen molar-refractivity contribution in [3.8, 4) is 5.75 Å². The Kier molecular flexibility index (Phi) is 4.19. The van der Waals surface area contributed by atoms with Crippen LogP contribution in [0.25, 0.3) is 0 Å². The Bertz CT molecular complexity index is 411. The zero-order chi connectivity index (χ0) is 13.1. The molecule has 3 nitrogen and oxygen atoms in total. The van der Waals surface area contributed by atoms with Crippen LogP contribution in [0, 0.1) is 5.82 Å². The van der Waals surface area contributed by atoms with Gasteiger partial charge in [0, 0.05) is 25.2 Å². The molecule has 1 aliphatic heterocycles. The molecule has 0 aromatic heterocycles. The zero-order valence-corrected chi connectivity index (χ0v) is 11.0. The Balaban J connectivity index is 2.03. The maximum absolute atomic E-state index is 13.6. The van der Waals surface area contributed by atoms with Crippen molar-refractivity contribution in [3.63, 3.8) is 0 Å². The summed E-state index contributed by atoms with van der Waals surface area (Å²) in [5, 5.41) is 0. The second kappa shape index (κ2) is 5.67. The Labute approximate surface area is 108 Å². The van der Waals surface area contributed by atoms with Crippen LogP contribution in [0.2, 0.25) is 0 Å². The summed E-state index contributed by atoms with van der Waals surface area (Å²) in [6.07, 6.45) is 2.03. The van der Waals surface area contributed by atoms with E-state index in [0.29, 0.717) is 17.8 Å². The van der Waals surface area contributed by atoms with Crippen molar-refractivity contribution < 1.29 is 9.13 Å². The average Bonchev–Trinajstić information content (AvgIpc) is 2.33. The molecule has 0 amide bonds.